The number of aliphatic hydroxyl groups excluding tert-OH is 4. The number of sulfonamides is 1. The molecule has 25 heavy (non-hydrogen) atoms. The molecule has 1 saturated heterocycles. The van der Waals surface area contributed by atoms with Crippen LogP contribution in [0.1, 0.15) is 5.56 Å². The van der Waals surface area contributed by atoms with E-state index in [1.807, 2.05) is 0 Å². The second kappa shape index (κ2) is 7.33. The van der Waals surface area contributed by atoms with Crippen LogP contribution in [0.25, 0.3) is 0 Å². The molecule has 10 nitrogen and oxygen atoms in total. The summed E-state index contributed by atoms with van der Waals surface area (Å²) in [7, 11) is -4.29. The maximum atomic E-state index is 12.5. The van der Waals surface area contributed by atoms with Crippen molar-refractivity contribution in [3.8, 4) is 0 Å². The lowest BCUT2D eigenvalue weighted by Crippen LogP contribution is -2.63. The zero-order valence-corrected chi connectivity index (χ0v) is 14.2. The number of nitrogens with two attached hydrogens (primary N) is 1. The zero-order chi connectivity index (χ0) is 18.9. The molecule has 1 aromatic rings. The number of aliphatic hydroxyl groups is 4. The molecule has 0 aromatic heterocycles. The van der Waals surface area contributed by atoms with Crippen molar-refractivity contribution in [2.75, 3.05) is 6.61 Å². The first-order valence-electron chi connectivity index (χ1n) is 7.37. The summed E-state index contributed by atoms with van der Waals surface area (Å²) in [6.07, 6.45) is -8.10. The van der Waals surface area contributed by atoms with Gasteiger partial charge in [-0.1, -0.05) is 17.7 Å². The Labute approximate surface area is 144 Å². The molecule has 0 radical (unpaired) electrons. The van der Waals surface area contributed by atoms with Gasteiger partial charge in [-0.25, -0.2) is 5.84 Å². The molecule has 1 fully saturated rings. The Kier molecular flexibility index (Phi) is 5.79. The molecule has 1 aromatic carbocycles. The molecule has 1 aliphatic heterocycles. The van der Waals surface area contributed by atoms with Crippen molar-refractivity contribution in [3.63, 3.8) is 0 Å². The highest BCUT2D eigenvalue weighted by Gasteiger charge is 2.47. The first kappa shape index (κ1) is 19.7. The Morgan fingerprint density at radius 2 is 1.76 bits per heavy atom. The number of hydrogen-bond acceptors (Lipinski definition) is 9. The summed E-state index contributed by atoms with van der Waals surface area (Å²) in [6, 6.07) is 5.73. The van der Waals surface area contributed by atoms with Crippen LogP contribution in [-0.4, -0.2) is 76.2 Å². The van der Waals surface area contributed by atoms with E-state index in [1.165, 1.54) is 12.1 Å². The van der Waals surface area contributed by atoms with Crippen molar-refractivity contribution in [3.05, 3.63) is 29.8 Å². The minimum Gasteiger partial charge on any atom is -0.394 e. The van der Waals surface area contributed by atoms with E-state index in [-0.39, 0.29) is 9.31 Å². The van der Waals surface area contributed by atoms with Gasteiger partial charge in [-0.2, -0.15) is 12.8 Å². The first-order chi connectivity index (χ1) is 11.6. The number of nitrogens with zero attached hydrogens (tertiary/aromatic N) is 1. The number of hydrazine groups is 1. The lowest BCUT2D eigenvalue weighted by molar-refractivity contribution is -0.213. The van der Waals surface area contributed by atoms with Crippen LogP contribution in [0.15, 0.2) is 29.2 Å². The highest BCUT2D eigenvalue weighted by atomic mass is 32.2. The second-order valence-electron chi connectivity index (χ2n) is 5.75. The highest BCUT2D eigenvalue weighted by Crippen LogP contribution is 2.24. The van der Waals surface area contributed by atoms with E-state index in [1.54, 1.807) is 19.1 Å². The fraction of sp³-hybridized carbons (Fsp3) is 0.500. The van der Waals surface area contributed by atoms with E-state index in [9.17, 15) is 23.7 Å². The Morgan fingerprint density at radius 1 is 1.20 bits per heavy atom. The summed E-state index contributed by atoms with van der Waals surface area (Å²) in [5.74, 6) is 4.70. The fourth-order valence-corrected chi connectivity index (χ4v) is 3.48. The van der Waals surface area contributed by atoms with Crippen molar-refractivity contribution in [2.24, 2.45) is 5.84 Å². The molecule has 0 bridgehead atoms. The third-order valence-electron chi connectivity index (χ3n) is 3.98. The normalized spacial score (nSPS) is 30.1. The third-order valence-corrected chi connectivity index (χ3v) is 5.56. The lowest BCUT2D eigenvalue weighted by Gasteiger charge is -2.41. The maximum absolute atomic E-state index is 12.5. The number of nitrogens with one attached hydrogen (secondary N) is 1. The summed E-state index contributed by atoms with van der Waals surface area (Å²) < 4.78 is 30.3. The first-order valence-corrected chi connectivity index (χ1v) is 8.81. The monoisotopic (exact) mass is 375 g/mol. The average molecular weight is 375 g/mol. The van der Waals surface area contributed by atoms with E-state index >= 15 is 0 Å². The molecule has 2 rings (SSSR count). The number of aryl methyl sites for hydroxylation is 1. The van der Waals surface area contributed by atoms with Gasteiger partial charge >= 0.3 is 0 Å². The molecular formula is C14H21N3O7S. The minimum absolute atomic E-state index is 0.129. The average Bonchev–Trinajstić information content (AvgIpc) is 2.59. The van der Waals surface area contributed by atoms with Crippen molar-refractivity contribution in [2.45, 2.75) is 42.3 Å². The smallest absolute Gasteiger partial charge is 0.278 e. The van der Waals surface area contributed by atoms with E-state index in [4.69, 9.17) is 21.1 Å². The van der Waals surface area contributed by atoms with Crippen LogP contribution in [0.5, 0.6) is 0 Å². The Balaban J connectivity index is 2.27. The summed E-state index contributed by atoms with van der Waals surface area (Å²) in [6.45, 7) is 1.07. The molecule has 1 heterocycles. The highest BCUT2D eigenvalue weighted by molar-refractivity contribution is 7.89. The van der Waals surface area contributed by atoms with Crippen LogP contribution in [0.3, 0.4) is 0 Å². The molecule has 0 spiro atoms. The predicted molar refractivity (Wildman–Crippen MR) is 85.9 cm³/mol. The van der Waals surface area contributed by atoms with Gasteiger partial charge in [0.1, 0.15) is 30.5 Å². The SMILES string of the molecule is Cc1ccc(S(=O)(=O)N(N)C(=N)[C@@H]2O[C@H](CO)[C@@H](O)[C@H](O)[C@H]2O)cc1. The molecule has 0 saturated carbocycles. The van der Waals surface area contributed by atoms with Gasteiger partial charge < -0.3 is 25.2 Å². The van der Waals surface area contributed by atoms with Gasteiger partial charge in [0.25, 0.3) is 10.0 Å². The molecule has 11 heteroatoms. The molecule has 0 aliphatic carbocycles. The molecule has 1 aliphatic rings. The Morgan fingerprint density at radius 3 is 2.28 bits per heavy atom. The summed E-state index contributed by atoms with van der Waals surface area (Å²) in [5, 5.41) is 46.6. The van der Waals surface area contributed by atoms with E-state index in [0.717, 1.165) is 5.56 Å². The summed E-state index contributed by atoms with van der Waals surface area (Å²) in [4.78, 5) is -0.171. The zero-order valence-electron chi connectivity index (χ0n) is 13.3. The van der Waals surface area contributed by atoms with Crippen molar-refractivity contribution >= 4 is 15.9 Å². The lowest BCUT2D eigenvalue weighted by atomic mass is 9.94. The Bertz CT molecular complexity index is 722. The minimum atomic E-state index is -4.29. The topological polar surface area (TPSA) is 177 Å². The standard InChI is InChI=1S/C14H21N3O7S/c1-7-2-4-8(5-3-7)25(22,23)17(16)14(15)13-12(21)11(20)10(19)9(6-18)24-13/h2-5,9-13,15,18-21H,6,16H2,1H3/t9-,10-,11+,12-,13-/m1/s1. The summed E-state index contributed by atoms with van der Waals surface area (Å²) >= 11 is 0. The number of amidine groups is 1. The number of hydrogen-bond donors (Lipinski definition) is 6. The van der Waals surface area contributed by atoms with Crippen LogP contribution in [0.2, 0.25) is 0 Å². The number of rotatable bonds is 4. The molecular weight excluding hydrogens is 354 g/mol. The van der Waals surface area contributed by atoms with Crippen molar-refractivity contribution in [1.82, 2.24) is 4.41 Å². The van der Waals surface area contributed by atoms with Gasteiger partial charge in [-0.3, -0.25) is 5.41 Å². The van der Waals surface area contributed by atoms with Crippen molar-refractivity contribution in [1.29, 1.82) is 5.41 Å². The van der Waals surface area contributed by atoms with E-state index in [0.29, 0.717) is 0 Å². The van der Waals surface area contributed by atoms with Gasteiger partial charge in [0.05, 0.1) is 11.5 Å². The number of ether oxygens (including phenoxy) is 1. The molecule has 140 valence electrons. The Hall–Kier alpha value is -1.60. The van der Waals surface area contributed by atoms with Gasteiger partial charge in [-0.15, -0.1) is 0 Å². The van der Waals surface area contributed by atoms with Gasteiger partial charge in [0, 0.05) is 0 Å². The molecule has 5 atom stereocenters. The van der Waals surface area contributed by atoms with Gasteiger partial charge in [-0.05, 0) is 19.1 Å². The fourth-order valence-electron chi connectivity index (χ4n) is 2.41. The molecule has 7 N–H and O–H groups in total. The van der Waals surface area contributed by atoms with Crippen LogP contribution < -0.4 is 5.84 Å². The van der Waals surface area contributed by atoms with Crippen molar-refractivity contribution < 1.29 is 33.6 Å². The van der Waals surface area contributed by atoms with E-state index < -0.39 is 53.0 Å². The largest absolute Gasteiger partial charge is 0.394 e. The maximum Gasteiger partial charge on any atom is 0.278 e. The van der Waals surface area contributed by atoms with Crippen LogP contribution >= 0.6 is 0 Å². The quantitative estimate of drug-likeness (QED) is 0.147. The number of benzene rings is 1. The van der Waals surface area contributed by atoms with Gasteiger partial charge in [0.2, 0.25) is 0 Å². The molecule has 0 unspecified atom stereocenters. The van der Waals surface area contributed by atoms with Gasteiger partial charge in [0.15, 0.2) is 5.84 Å². The van der Waals surface area contributed by atoms with Crippen LogP contribution in [-0.2, 0) is 14.8 Å². The predicted octanol–water partition coefficient (Wildman–Crippen LogP) is -2.32. The van der Waals surface area contributed by atoms with Crippen LogP contribution in [0, 0.1) is 12.3 Å². The third kappa shape index (κ3) is 3.67. The summed E-state index contributed by atoms with van der Waals surface area (Å²) in [5.41, 5.74) is 0.825. The second-order valence-corrected chi connectivity index (χ2v) is 7.56. The van der Waals surface area contributed by atoms with Crippen LogP contribution in [0.4, 0.5) is 0 Å². The van der Waals surface area contributed by atoms with E-state index in [2.05, 4.69) is 0 Å². The molecule has 0 amide bonds.